The van der Waals surface area contributed by atoms with Gasteiger partial charge in [0.15, 0.2) is 0 Å². The Hall–Kier alpha value is -0.0400. The van der Waals surface area contributed by atoms with Gasteiger partial charge in [-0.3, -0.25) is 0 Å². The zero-order valence-corrected chi connectivity index (χ0v) is 6.15. The van der Waals surface area contributed by atoms with Crippen molar-refractivity contribution in [3.8, 4) is 0 Å². The van der Waals surface area contributed by atoms with Crippen LogP contribution in [-0.4, -0.2) is 13.7 Å². The predicted octanol–water partition coefficient (Wildman–Crippen LogP) is 2.17. The predicted molar refractivity (Wildman–Crippen MR) is 38.2 cm³/mol. The number of methoxy groups -OCH3 is 1. The lowest BCUT2D eigenvalue weighted by atomic mass is 9.90. The van der Waals surface area contributed by atoms with E-state index >= 15 is 0 Å². The van der Waals surface area contributed by atoms with Crippen molar-refractivity contribution in [1.29, 1.82) is 0 Å². The van der Waals surface area contributed by atoms with E-state index < -0.39 is 0 Å². The Morgan fingerprint density at radius 1 is 1.22 bits per heavy atom. The fraction of sp³-hybridized carbons (Fsp3) is 0.875. The summed E-state index contributed by atoms with van der Waals surface area (Å²) in [6.45, 7) is 0.903. The summed E-state index contributed by atoms with van der Waals surface area (Å²) in [5, 5.41) is 0. The van der Waals surface area contributed by atoms with Crippen molar-refractivity contribution < 1.29 is 4.74 Å². The fourth-order valence-corrected chi connectivity index (χ4v) is 1.40. The molecule has 0 bridgehead atoms. The van der Waals surface area contributed by atoms with Crippen molar-refractivity contribution >= 4 is 0 Å². The van der Waals surface area contributed by atoms with Gasteiger partial charge < -0.3 is 4.74 Å². The summed E-state index contributed by atoms with van der Waals surface area (Å²) in [4.78, 5) is 0. The normalized spacial score (nSPS) is 22.3. The van der Waals surface area contributed by atoms with E-state index in [1.165, 1.54) is 32.1 Å². The van der Waals surface area contributed by atoms with Gasteiger partial charge in [-0.2, -0.15) is 0 Å². The summed E-state index contributed by atoms with van der Waals surface area (Å²) in [7, 11) is 1.78. The molecule has 53 valence electrons. The zero-order chi connectivity index (χ0) is 6.53. The van der Waals surface area contributed by atoms with E-state index in [1.807, 2.05) is 0 Å². The minimum atomic E-state index is 0.903. The molecule has 0 aromatic heterocycles. The van der Waals surface area contributed by atoms with E-state index in [2.05, 4.69) is 0 Å². The first-order valence-corrected chi connectivity index (χ1v) is 3.76. The van der Waals surface area contributed by atoms with Gasteiger partial charge in [0.25, 0.3) is 0 Å². The van der Waals surface area contributed by atoms with Crippen molar-refractivity contribution in [2.75, 3.05) is 13.7 Å². The van der Waals surface area contributed by atoms with E-state index in [-0.39, 0.29) is 0 Å². The molecule has 1 fully saturated rings. The second kappa shape index (κ2) is 3.89. The van der Waals surface area contributed by atoms with Crippen molar-refractivity contribution in [2.45, 2.75) is 32.1 Å². The standard InChI is InChI=1S/C8H15O/c1-9-7-8-5-3-2-4-6-8/h2-7H2,1H3. The quantitative estimate of drug-likeness (QED) is 0.552. The molecule has 0 unspecified atom stereocenters. The van der Waals surface area contributed by atoms with Crippen LogP contribution in [0.15, 0.2) is 0 Å². The van der Waals surface area contributed by atoms with Crippen molar-refractivity contribution in [2.24, 2.45) is 0 Å². The van der Waals surface area contributed by atoms with E-state index in [4.69, 9.17) is 4.74 Å². The monoisotopic (exact) mass is 127 g/mol. The third-order valence-corrected chi connectivity index (χ3v) is 1.91. The van der Waals surface area contributed by atoms with Crippen molar-refractivity contribution in [1.82, 2.24) is 0 Å². The molecule has 0 atom stereocenters. The number of rotatable bonds is 2. The molecule has 1 saturated carbocycles. The van der Waals surface area contributed by atoms with Gasteiger partial charge >= 0.3 is 0 Å². The Bertz CT molecular complexity index is 62.2. The minimum Gasteiger partial charge on any atom is -0.384 e. The van der Waals surface area contributed by atoms with Gasteiger partial charge in [0.1, 0.15) is 0 Å². The van der Waals surface area contributed by atoms with Gasteiger partial charge in [-0.25, -0.2) is 0 Å². The number of hydrogen-bond acceptors (Lipinski definition) is 1. The average molecular weight is 127 g/mol. The molecule has 0 spiro atoms. The third-order valence-electron chi connectivity index (χ3n) is 1.91. The van der Waals surface area contributed by atoms with Gasteiger partial charge in [0.05, 0.1) is 6.61 Å². The summed E-state index contributed by atoms with van der Waals surface area (Å²) in [6, 6.07) is 0. The Morgan fingerprint density at radius 2 is 1.89 bits per heavy atom. The van der Waals surface area contributed by atoms with Crippen LogP contribution in [0.25, 0.3) is 0 Å². The minimum absolute atomic E-state index is 0.903. The topological polar surface area (TPSA) is 9.23 Å². The maximum absolute atomic E-state index is 5.04. The Balaban J connectivity index is 2.08. The molecular weight excluding hydrogens is 112 g/mol. The zero-order valence-electron chi connectivity index (χ0n) is 6.15. The van der Waals surface area contributed by atoms with Crippen LogP contribution in [0.2, 0.25) is 0 Å². The Morgan fingerprint density at radius 3 is 2.44 bits per heavy atom. The molecule has 1 heteroatoms. The molecule has 1 nitrogen and oxygen atoms in total. The Labute approximate surface area is 57.4 Å². The first-order valence-electron chi connectivity index (χ1n) is 3.76. The van der Waals surface area contributed by atoms with Crippen molar-refractivity contribution in [3.63, 3.8) is 0 Å². The lowest BCUT2D eigenvalue weighted by molar-refractivity contribution is 0.196. The maximum atomic E-state index is 5.04. The van der Waals surface area contributed by atoms with E-state index in [0.29, 0.717) is 0 Å². The summed E-state index contributed by atoms with van der Waals surface area (Å²) in [5.74, 6) is 1.61. The highest BCUT2D eigenvalue weighted by Gasteiger charge is 2.12. The average Bonchev–Trinajstić information content (AvgIpc) is 1.91. The van der Waals surface area contributed by atoms with Crippen LogP contribution in [-0.2, 0) is 4.74 Å². The second-order valence-corrected chi connectivity index (χ2v) is 2.74. The molecular formula is C8H15O. The molecule has 9 heavy (non-hydrogen) atoms. The molecule has 0 aromatic carbocycles. The first kappa shape index (κ1) is 7.07. The van der Waals surface area contributed by atoms with E-state index in [1.54, 1.807) is 13.0 Å². The van der Waals surface area contributed by atoms with Crippen LogP contribution in [0, 0.1) is 5.92 Å². The largest absolute Gasteiger partial charge is 0.384 e. The number of hydrogen-bond donors (Lipinski definition) is 0. The van der Waals surface area contributed by atoms with Crippen LogP contribution in [0.1, 0.15) is 32.1 Å². The maximum Gasteiger partial charge on any atom is 0.0524 e. The number of ether oxygens (including phenoxy) is 1. The summed E-state index contributed by atoms with van der Waals surface area (Å²) in [6.07, 6.45) is 6.83. The highest BCUT2D eigenvalue weighted by Crippen LogP contribution is 2.25. The highest BCUT2D eigenvalue weighted by molar-refractivity contribution is 4.91. The molecule has 0 aromatic rings. The molecule has 1 rings (SSSR count). The molecule has 1 aliphatic carbocycles. The second-order valence-electron chi connectivity index (χ2n) is 2.74. The van der Waals surface area contributed by atoms with Crippen LogP contribution < -0.4 is 0 Å². The Kier molecular flexibility index (Phi) is 3.05. The molecule has 1 radical (unpaired) electrons. The summed E-state index contributed by atoms with van der Waals surface area (Å²) < 4.78 is 5.04. The lowest BCUT2D eigenvalue weighted by Crippen LogP contribution is -2.09. The third kappa shape index (κ3) is 2.35. The van der Waals surface area contributed by atoms with Crippen LogP contribution in [0.5, 0.6) is 0 Å². The van der Waals surface area contributed by atoms with Gasteiger partial charge in [0.2, 0.25) is 0 Å². The summed E-state index contributed by atoms with van der Waals surface area (Å²) >= 11 is 0. The van der Waals surface area contributed by atoms with Crippen molar-refractivity contribution in [3.05, 3.63) is 5.92 Å². The molecule has 1 aliphatic rings. The van der Waals surface area contributed by atoms with Gasteiger partial charge in [-0.1, -0.05) is 19.3 Å². The molecule has 0 heterocycles. The van der Waals surface area contributed by atoms with Gasteiger partial charge in [-0.05, 0) is 12.8 Å². The van der Waals surface area contributed by atoms with E-state index in [9.17, 15) is 0 Å². The van der Waals surface area contributed by atoms with Crippen LogP contribution in [0.3, 0.4) is 0 Å². The van der Waals surface area contributed by atoms with Crippen LogP contribution >= 0.6 is 0 Å². The van der Waals surface area contributed by atoms with Crippen LogP contribution in [0.4, 0.5) is 0 Å². The lowest BCUT2D eigenvalue weighted by Gasteiger charge is -2.19. The smallest absolute Gasteiger partial charge is 0.0524 e. The first-order chi connectivity index (χ1) is 4.43. The fourth-order valence-electron chi connectivity index (χ4n) is 1.40. The van der Waals surface area contributed by atoms with E-state index in [0.717, 1.165) is 6.61 Å². The summed E-state index contributed by atoms with van der Waals surface area (Å²) in [5.41, 5.74) is 0. The molecule has 0 N–H and O–H groups in total. The molecule has 0 saturated heterocycles. The molecule has 0 amide bonds. The van der Waals surface area contributed by atoms with Gasteiger partial charge in [-0.15, -0.1) is 0 Å². The molecule has 0 aliphatic heterocycles. The highest BCUT2D eigenvalue weighted by atomic mass is 16.5. The SMILES string of the molecule is COC[C]1CCCCC1. The van der Waals surface area contributed by atoms with Gasteiger partial charge in [0, 0.05) is 13.0 Å².